The topological polar surface area (TPSA) is 57.6 Å². The van der Waals surface area contributed by atoms with Crippen LogP contribution >= 0.6 is 0 Å². The smallest absolute Gasteiger partial charge is 0.335 e. The normalized spacial score (nSPS) is 17.5. The molecule has 1 aliphatic heterocycles. The van der Waals surface area contributed by atoms with E-state index in [0.717, 1.165) is 37.1 Å². The molecule has 1 N–H and O–H groups in total. The molecule has 4 heteroatoms. The minimum atomic E-state index is -1.02. The Labute approximate surface area is 141 Å². The van der Waals surface area contributed by atoms with Gasteiger partial charge in [0.2, 0.25) is 0 Å². The molecule has 0 bridgehead atoms. The first-order valence-electron chi connectivity index (χ1n) is 8.27. The van der Waals surface area contributed by atoms with E-state index in [1.54, 1.807) is 12.1 Å². The third-order valence-electron chi connectivity index (χ3n) is 4.48. The van der Waals surface area contributed by atoms with E-state index in [1.807, 2.05) is 35.2 Å². The molecule has 1 unspecified atom stereocenters. The van der Waals surface area contributed by atoms with Gasteiger partial charge in [-0.15, -0.1) is 0 Å². The molecule has 2 aromatic rings. The summed E-state index contributed by atoms with van der Waals surface area (Å²) in [6.45, 7) is 3.61. The second-order valence-corrected chi connectivity index (χ2v) is 6.47. The van der Waals surface area contributed by atoms with Crippen molar-refractivity contribution in [2.75, 3.05) is 13.1 Å². The third-order valence-corrected chi connectivity index (χ3v) is 4.48. The van der Waals surface area contributed by atoms with Crippen LogP contribution < -0.4 is 0 Å². The number of carboxylic acid groups (broad SMARTS) is 1. The standard InChI is InChI=1S/C20H21NO3/c1-14-6-5-9-21(13-14)19(22)17-10-16(11-18(12-17)20(23)24)15-7-3-2-4-8-15/h2-4,7-8,10-12,14H,5-6,9,13H2,1H3,(H,23,24). The van der Waals surface area contributed by atoms with Crippen molar-refractivity contribution >= 4 is 11.9 Å². The van der Waals surface area contributed by atoms with Crippen LogP contribution in [0.5, 0.6) is 0 Å². The average Bonchev–Trinajstić information content (AvgIpc) is 2.61. The van der Waals surface area contributed by atoms with Crippen molar-refractivity contribution in [3.63, 3.8) is 0 Å². The minimum absolute atomic E-state index is 0.0816. The first-order chi connectivity index (χ1) is 11.5. The molecular weight excluding hydrogens is 302 g/mol. The summed E-state index contributed by atoms with van der Waals surface area (Å²) in [6, 6.07) is 14.4. The highest BCUT2D eigenvalue weighted by Crippen LogP contribution is 2.25. The predicted molar refractivity (Wildman–Crippen MR) is 93.1 cm³/mol. The Bertz CT molecular complexity index is 755. The van der Waals surface area contributed by atoms with Crippen molar-refractivity contribution in [2.24, 2.45) is 5.92 Å². The highest BCUT2D eigenvalue weighted by molar-refractivity contribution is 5.99. The van der Waals surface area contributed by atoms with Gasteiger partial charge >= 0.3 is 5.97 Å². The van der Waals surface area contributed by atoms with E-state index in [1.165, 1.54) is 6.07 Å². The molecule has 0 radical (unpaired) electrons. The SMILES string of the molecule is CC1CCCN(C(=O)c2cc(C(=O)O)cc(-c3ccccc3)c2)C1. The van der Waals surface area contributed by atoms with Gasteiger partial charge < -0.3 is 10.0 Å². The largest absolute Gasteiger partial charge is 0.478 e. The molecule has 1 saturated heterocycles. The summed E-state index contributed by atoms with van der Waals surface area (Å²) in [5, 5.41) is 9.39. The zero-order valence-electron chi connectivity index (χ0n) is 13.7. The summed E-state index contributed by atoms with van der Waals surface area (Å²) in [5.41, 5.74) is 2.25. The Morgan fingerprint density at radius 1 is 1.04 bits per heavy atom. The molecule has 0 aliphatic carbocycles. The molecule has 0 saturated carbocycles. The maximum Gasteiger partial charge on any atom is 0.335 e. The van der Waals surface area contributed by atoms with Crippen LogP contribution in [0.1, 0.15) is 40.5 Å². The lowest BCUT2D eigenvalue weighted by molar-refractivity contribution is 0.0683. The van der Waals surface area contributed by atoms with E-state index in [4.69, 9.17) is 0 Å². The zero-order chi connectivity index (χ0) is 17.1. The lowest BCUT2D eigenvalue weighted by Crippen LogP contribution is -2.39. The van der Waals surface area contributed by atoms with E-state index < -0.39 is 5.97 Å². The fourth-order valence-corrected chi connectivity index (χ4v) is 3.23. The first kappa shape index (κ1) is 16.2. The molecule has 1 heterocycles. The zero-order valence-corrected chi connectivity index (χ0v) is 13.7. The minimum Gasteiger partial charge on any atom is -0.478 e. The van der Waals surface area contributed by atoms with Crippen LogP contribution in [0, 0.1) is 5.92 Å². The second kappa shape index (κ2) is 6.87. The number of benzene rings is 2. The fourth-order valence-electron chi connectivity index (χ4n) is 3.23. The van der Waals surface area contributed by atoms with E-state index in [2.05, 4.69) is 6.92 Å². The Balaban J connectivity index is 1.99. The number of hydrogen-bond acceptors (Lipinski definition) is 2. The van der Waals surface area contributed by atoms with Crippen LogP contribution in [0.15, 0.2) is 48.5 Å². The number of likely N-dealkylation sites (tertiary alicyclic amines) is 1. The molecule has 0 spiro atoms. The Kier molecular flexibility index (Phi) is 4.65. The van der Waals surface area contributed by atoms with Crippen LogP contribution in [-0.2, 0) is 0 Å². The molecule has 1 aliphatic rings. The fraction of sp³-hybridized carbons (Fsp3) is 0.300. The molecule has 124 valence electrons. The Morgan fingerprint density at radius 3 is 2.42 bits per heavy atom. The second-order valence-electron chi connectivity index (χ2n) is 6.47. The first-order valence-corrected chi connectivity index (χ1v) is 8.27. The molecule has 2 aromatic carbocycles. The van der Waals surface area contributed by atoms with Gasteiger partial charge in [-0.3, -0.25) is 4.79 Å². The Hall–Kier alpha value is -2.62. The number of nitrogens with zero attached hydrogens (tertiary/aromatic N) is 1. The van der Waals surface area contributed by atoms with Crippen molar-refractivity contribution in [3.05, 3.63) is 59.7 Å². The maximum absolute atomic E-state index is 12.8. The van der Waals surface area contributed by atoms with Gasteiger partial charge in [-0.05, 0) is 48.1 Å². The van der Waals surface area contributed by atoms with Crippen molar-refractivity contribution < 1.29 is 14.7 Å². The van der Waals surface area contributed by atoms with Crippen molar-refractivity contribution in [1.82, 2.24) is 4.90 Å². The molecular formula is C20H21NO3. The van der Waals surface area contributed by atoms with E-state index >= 15 is 0 Å². The summed E-state index contributed by atoms with van der Waals surface area (Å²) in [6.07, 6.45) is 2.13. The van der Waals surface area contributed by atoms with Gasteiger partial charge in [0.15, 0.2) is 0 Å². The number of piperidine rings is 1. The molecule has 1 amide bonds. The summed E-state index contributed by atoms with van der Waals surface area (Å²) in [5.74, 6) is -0.616. The van der Waals surface area contributed by atoms with E-state index in [-0.39, 0.29) is 11.5 Å². The number of aromatic carboxylic acids is 1. The van der Waals surface area contributed by atoms with Gasteiger partial charge in [0.1, 0.15) is 0 Å². The van der Waals surface area contributed by atoms with Crippen LogP contribution in [0.25, 0.3) is 11.1 Å². The van der Waals surface area contributed by atoms with Gasteiger partial charge in [0.05, 0.1) is 5.56 Å². The van der Waals surface area contributed by atoms with E-state index in [0.29, 0.717) is 11.5 Å². The van der Waals surface area contributed by atoms with Crippen LogP contribution in [-0.4, -0.2) is 35.0 Å². The molecule has 3 rings (SSSR count). The summed E-state index contributed by atoms with van der Waals surface area (Å²) in [4.78, 5) is 26.1. The van der Waals surface area contributed by atoms with Crippen molar-refractivity contribution in [2.45, 2.75) is 19.8 Å². The number of carbonyl (C=O) groups is 2. The van der Waals surface area contributed by atoms with Gasteiger partial charge in [-0.2, -0.15) is 0 Å². The maximum atomic E-state index is 12.8. The molecule has 24 heavy (non-hydrogen) atoms. The number of amides is 1. The lowest BCUT2D eigenvalue weighted by atomic mass is 9.97. The lowest BCUT2D eigenvalue weighted by Gasteiger charge is -2.31. The van der Waals surface area contributed by atoms with Gasteiger partial charge in [-0.1, -0.05) is 37.3 Å². The van der Waals surface area contributed by atoms with Gasteiger partial charge in [0.25, 0.3) is 5.91 Å². The van der Waals surface area contributed by atoms with Crippen LogP contribution in [0.3, 0.4) is 0 Å². The quantitative estimate of drug-likeness (QED) is 0.931. The molecule has 0 aromatic heterocycles. The average molecular weight is 323 g/mol. The van der Waals surface area contributed by atoms with Crippen LogP contribution in [0.2, 0.25) is 0 Å². The molecule has 1 fully saturated rings. The summed E-state index contributed by atoms with van der Waals surface area (Å²) in [7, 11) is 0. The third kappa shape index (κ3) is 3.48. The number of hydrogen-bond donors (Lipinski definition) is 1. The highest BCUT2D eigenvalue weighted by Gasteiger charge is 2.23. The number of rotatable bonds is 3. The monoisotopic (exact) mass is 323 g/mol. The number of carbonyl (C=O) groups excluding carboxylic acids is 1. The van der Waals surface area contributed by atoms with Crippen molar-refractivity contribution in [3.8, 4) is 11.1 Å². The molecule has 1 atom stereocenters. The van der Waals surface area contributed by atoms with Gasteiger partial charge in [-0.25, -0.2) is 4.79 Å². The Morgan fingerprint density at radius 2 is 1.75 bits per heavy atom. The van der Waals surface area contributed by atoms with Gasteiger partial charge in [0, 0.05) is 18.7 Å². The van der Waals surface area contributed by atoms with E-state index in [9.17, 15) is 14.7 Å². The highest BCUT2D eigenvalue weighted by atomic mass is 16.4. The predicted octanol–water partition coefficient (Wildman–Crippen LogP) is 3.92. The molecule has 4 nitrogen and oxygen atoms in total. The number of carboxylic acids is 1. The summed E-state index contributed by atoms with van der Waals surface area (Å²) >= 11 is 0. The van der Waals surface area contributed by atoms with Crippen molar-refractivity contribution in [1.29, 1.82) is 0 Å². The summed E-state index contributed by atoms with van der Waals surface area (Å²) < 4.78 is 0. The van der Waals surface area contributed by atoms with Crippen LogP contribution in [0.4, 0.5) is 0 Å².